The molecule has 0 radical (unpaired) electrons. The maximum atomic E-state index is 12.0. The molecule has 7 nitrogen and oxygen atoms in total. The van der Waals surface area contributed by atoms with E-state index in [-0.39, 0.29) is 23.4 Å². The number of aromatic nitrogens is 2. The maximum absolute atomic E-state index is 12.0. The number of carbonyl (C=O) groups is 2. The third-order valence-corrected chi connectivity index (χ3v) is 4.51. The number of halogens is 1. The maximum Gasteiger partial charge on any atom is 0.279 e. The lowest BCUT2D eigenvalue weighted by atomic mass is 10.2. The van der Waals surface area contributed by atoms with Crippen molar-refractivity contribution < 1.29 is 14.1 Å². The van der Waals surface area contributed by atoms with Gasteiger partial charge >= 0.3 is 0 Å². The number of fused-ring (bicyclic) bond motifs is 1. The van der Waals surface area contributed by atoms with Crippen LogP contribution >= 0.6 is 22.9 Å². The monoisotopic (exact) mass is 340 g/mol. The zero-order valence-electron chi connectivity index (χ0n) is 11.8. The second-order valence-corrected chi connectivity index (χ2v) is 6.22. The third kappa shape index (κ3) is 2.97. The van der Waals surface area contributed by atoms with Crippen molar-refractivity contribution in [2.24, 2.45) is 0 Å². The molecule has 0 spiro atoms. The summed E-state index contributed by atoms with van der Waals surface area (Å²) in [4.78, 5) is 30.7. The van der Waals surface area contributed by atoms with E-state index in [9.17, 15) is 9.59 Å². The van der Waals surface area contributed by atoms with Crippen LogP contribution in [0.3, 0.4) is 0 Å². The number of alkyl halides is 1. The van der Waals surface area contributed by atoms with Crippen molar-refractivity contribution in [1.29, 1.82) is 0 Å². The molecule has 0 bridgehead atoms. The highest BCUT2D eigenvalue weighted by molar-refractivity contribution is 7.15. The highest BCUT2D eigenvalue weighted by Crippen LogP contribution is 2.28. The van der Waals surface area contributed by atoms with Gasteiger partial charge in [0, 0.05) is 23.9 Å². The number of carbonyl (C=O) groups excluding carboxylic acids is 2. The molecule has 3 heterocycles. The van der Waals surface area contributed by atoms with E-state index in [1.165, 1.54) is 11.3 Å². The first-order chi connectivity index (χ1) is 10.6. The van der Waals surface area contributed by atoms with Crippen LogP contribution in [-0.2, 0) is 17.8 Å². The first kappa shape index (κ1) is 15.0. The van der Waals surface area contributed by atoms with Gasteiger partial charge < -0.3 is 9.42 Å². The summed E-state index contributed by atoms with van der Waals surface area (Å²) in [5.74, 6) is 0.0864. The molecule has 2 amide bonds. The number of thiazole rings is 1. The van der Waals surface area contributed by atoms with Gasteiger partial charge in [-0.3, -0.25) is 14.9 Å². The number of hydrogen-bond donors (Lipinski definition) is 1. The average Bonchev–Trinajstić information content (AvgIpc) is 3.11. The van der Waals surface area contributed by atoms with Crippen LogP contribution in [0, 0.1) is 6.92 Å². The summed E-state index contributed by atoms with van der Waals surface area (Å²) in [5, 5.41) is 6.86. The number of rotatable bonds is 3. The van der Waals surface area contributed by atoms with E-state index < -0.39 is 0 Å². The fraction of sp³-hybridized carbons (Fsp3) is 0.385. The summed E-state index contributed by atoms with van der Waals surface area (Å²) in [6, 6.07) is 1.56. The Morgan fingerprint density at radius 3 is 3.05 bits per heavy atom. The number of amides is 2. The van der Waals surface area contributed by atoms with Gasteiger partial charge in [-0.25, -0.2) is 4.98 Å². The van der Waals surface area contributed by atoms with E-state index in [0.717, 1.165) is 10.6 Å². The molecule has 22 heavy (non-hydrogen) atoms. The van der Waals surface area contributed by atoms with Gasteiger partial charge in [-0.2, -0.15) is 0 Å². The molecule has 0 aromatic carbocycles. The molecule has 0 atom stereocenters. The van der Waals surface area contributed by atoms with Gasteiger partial charge in [0.05, 0.1) is 12.2 Å². The fourth-order valence-electron chi connectivity index (χ4n) is 2.18. The molecule has 0 fully saturated rings. The van der Waals surface area contributed by atoms with Crippen molar-refractivity contribution in [3.63, 3.8) is 0 Å². The average molecular weight is 341 g/mol. The standard InChI is InChI=1S/C13H13ClN4O3S/c1-7-4-9(17-21-7)12(20)16-13-15-8-2-3-18(11(19)5-14)6-10(8)22-13/h4H,2-3,5-6H2,1H3,(H,15,16,20). The molecule has 2 aromatic heterocycles. The van der Waals surface area contributed by atoms with Crippen LogP contribution in [-0.4, -0.2) is 39.3 Å². The topological polar surface area (TPSA) is 88.3 Å². The Morgan fingerprint density at radius 2 is 2.36 bits per heavy atom. The predicted molar refractivity (Wildman–Crippen MR) is 81.1 cm³/mol. The zero-order chi connectivity index (χ0) is 15.7. The molecule has 2 aromatic rings. The minimum Gasteiger partial charge on any atom is -0.361 e. The van der Waals surface area contributed by atoms with Crippen molar-refractivity contribution >= 4 is 39.9 Å². The SMILES string of the molecule is Cc1cc(C(=O)Nc2nc3c(s2)CN(C(=O)CCl)CC3)no1. The van der Waals surface area contributed by atoms with Crippen LogP contribution in [0.15, 0.2) is 10.6 Å². The molecule has 1 aliphatic heterocycles. The summed E-state index contributed by atoms with van der Waals surface area (Å²) >= 11 is 6.94. The van der Waals surface area contributed by atoms with Crippen molar-refractivity contribution in [3.05, 3.63) is 28.1 Å². The normalized spacial score (nSPS) is 13.8. The molecule has 0 saturated carbocycles. The Kier molecular flexibility index (Phi) is 4.12. The Bertz CT molecular complexity index is 727. The van der Waals surface area contributed by atoms with Crippen molar-refractivity contribution in [2.45, 2.75) is 19.9 Å². The van der Waals surface area contributed by atoms with Gasteiger partial charge in [-0.1, -0.05) is 16.5 Å². The van der Waals surface area contributed by atoms with Gasteiger partial charge in [-0.05, 0) is 6.92 Å². The zero-order valence-corrected chi connectivity index (χ0v) is 13.3. The first-order valence-electron chi connectivity index (χ1n) is 6.64. The fourth-order valence-corrected chi connectivity index (χ4v) is 3.37. The molecule has 3 rings (SSSR count). The lowest BCUT2D eigenvalue weighted by Crippen LogP contribution is -2.36. The quantitative estimate of drug-likeness (QED) is 0.861. The van der Waals surface area contributed by atoms with Crippen molar-refractivity contribution in [2.75, 3.05) is 17.7 Å². The lowest BCUT2D eigenvalue weighted by molar-refractivity contribution is -0.129. The largest absolute Gasteiger partial charge is 0.361 e. The predicted octanol–water partition coefficient (Wildman–Crippen LogP) is 1.82. The number of anilines is 1. The number of nitrogens with zero attached hydrogens (tertiary/aromatic N) is 3. The highest BCUT2D eigenvalue weighted by atomic mass is 35.5. The Balaban J connectivity index is 1.71. The third-order valence-electron chi connectivity index (χ3n) is 3.28. The van der Waals surface area contributed by atoms with Gasteiger partial charge in [0.1, 0.15) is 11.6 Å². The molecule has 116 valence electrons. The number of nitrogens with one attached hydrogen (secondary N) is 1. The first-order valence-corrected chi connectivity index (χ1v) is 7.99. The van der Waals surface area contributed by atoms with Crippen LogP contribution in [0.25, 0.3) is 0 Å². The number of hydrogen-bond acceptors (Lipinski definition) is 6. The summed E-state index contributed by atoms with van der Waals surface area (Å²) < 4.78 is 4.87. The molecule has 0 aliphatic carbocycles. The van der Waals surface area contributed by atoms with Crippen LogP contribution in [0.2, 0.25) is 0 Å². The summed E-state index contributed by atoms with van der Waals surface area (Å²) in [5.41, 5.74) is 1.12. The van der Waals surface area contributed by atoms with Gasteiger partial charge in [-0.15, -0.1) is 11.6 Å². The van der Waals surface area contributed by atoms with Gasteiger partial charge in [0.2, 0.25) is 5.91 Å². The molecular weight excluding hydrogens is 328 g/mol. The Hall–Kier alpha value is -1.93. The summed E-state index contributed by atoms with van der Waals surface area (Å²) in [7, 11) is 0. The second-order valence-electron chi connectivity index (χ2n) is 4.86. The molecule has 1 aliphatic rings. The van der Waals surface area contributed by atoms with Crippen LogP contribution in [0.1, 0.15) is 26.8 Å². The summed E-state index contributed by atoms with van der Waals surface area (Å²) in [6.07, 6.45) is 0.660. The van der Waals surface area contributed by atoms with Crippen molar-refractivity contribution in [3.8, 4) is 0 Å². The van der Waals surface area contributed by atoms with Gasteiger partial charge in [0.15, 0.2) is 10.8 Å². The smallest absolute Gasteiger partial charge is 0.279 e. The van der Waals surface area contributed by atoms with E-state index in [2.05, 4.69) is 15.5 Å². The Labute approximate surface area is 135 Å². The molecule has 0 unspecified atom stereocenters. The van der Waals surface area contributed by atoms with Crippen LogP contribution < -0.4 is 5.32 Å². The lowest BCUT2D eigenvalue weighted by Gasteiger charge is -2.25. The van der Waals surface area contributed by atoms with E-state index in [1.807, 2.05) is 0 Å². The van der Waals surface area contributed by atoms with Crippen LogP contribution in [0.4, 0.5) is 5.13 Å². The van der Waals surface area contributed by atoms with E-state index in [4.69, 9.17) is 16.1 Å². The van der Waals surface area contributed by atoms with E-state index in [1.54, 1.807) is 17.9 Å². The minimum atomic E-state index is -0.364. The van der Waals surface area contributed by atoms with Crippen LogP contribution in [0.5, 0.6) is 0 Å². The van der Waals surface area contributed by atoms with E-state index in [0.29, 0.717) is 30.4 Å². The second kappa shape index (κ2) is 6.05. The van der Waals surface area contributed by atoms with Gasteiger partial charge in [0.25, 0.3) is 5.91 Å². The molecular formula is C13H13ClN4O3S. The number of aryl methyl sites for hydroxylation is 1. The van der Waals surface area contributed by atoms with Crippen molar-refractivity contribution in [1.82, 2.24) is 15.0 Å². The van der Waals surface area contributed by atoms with E-state index >= 15 is 0 Å². The minimum absolute atomic E-state index is 0.0246. The molecule has 1 N–H and O–H groups in total. The highest BCUT2D eigenvalue weighted by Gasteiger charge is 2.24. The summed E-state index contributed by atoms with van der Waals surface area (Å²) in [6.45, 7) is 2.80. The Morgan fingerprint density at radius 1 is 1.55 bits per heavy atom. The molecule has 0 saturated heterocycles. The molecule has 9 heteroatoms.